The first-order valence-corrected chi connectivity index (χ1v) is 6.21. The van der Waals surface area contributed by atoms with Crippen LogP contribution in [0, 0.1) is 5.92 Å². The minimum Gasteiger partial charge on any atom is -0.393 e. The Hall–Kier alpha value is -1.62. The predicted octanol–water partition coefficient (Wildman–Crippen LogP) is 0.663. The van der Waals surface area contributed by atoms with Gasteiger partial charge in [0.25, 0.3) is 0 Å². The third kappa shape index (κ3) is 2.79. The normalized spacial score (nSPS) is 21.7. The number of carbonyl (C=O) groups excluding carboxylic acids is 1. The maximum absolute atomic E-state index is 11.9. The van der Waals surface area contributed by atoms with Crippen molar-refractivity contribution in [3.8, 4) is 0 Å². The van der Waals surface area contributed by atoms with Crippen LogP contribution in [-0.4, -0.2) is 44.9 Å². The highest BCUT2D eigenvalue weighted by Gasteiger charge is 2.27. The molecule has 0 aliphatic carbocycles. The summed E-state index contributed by atoms with van der Waals surface area (Å²) in [5.74, 6) is 0.207. The second kappa shape index (κ2) is 5.35. The van der Waals surface area contributed by atoms with Gasteiger partial charge in [-0.2, -0.15) is 5.10 Å². The Labute approximate surface area is 107 Å². The van der Waals surface area contributed by atoms with Gasteiger partial charge in [-0.3, -0.25) is 9.48 Å². The molecule has 5 nitrogen and oxygen atoms in total. The molecule has 1 saturated heterocycles. The molecule has 1 aliphatic rings. The molecule has 2 rings (SSSR count). The van der Waals surface area contributed by atoms with Crippen LogP contribution in [0.2, 0.25) is 0 Å². The topological polar surface area (TPSA) is 58.4 Å². The van der Waals surface area contributed by atoms with E-state index in [0.29, 0.717) is 6.54 Å². The number of nitrogens with zero attached hydrogens (tertiary/aromatic N) is 3. The molecule has 0 spiro atoms. The van der Waals surface area contributed by atoms with Gasteiger partial charge in [0.1, 0.15) is 0 Å². The summed E-state index contributed by atoms with van der Waals surface area (Å²) in [6.45, 7) is 3.15. The van der Waals surface area contributed by atoms with Gasteiger partial charge in [0, 0.05) is 38.3 Å². The summed E-state index contributed by atoms with van der Waals surface area (Å²) in [7, 11) is 1.84. The summed E-state index contributed by atoms with van der Waals surface area (Å²) in [4.78, 5) is 13.7. The van der Waals surface area contributed by atoms with Crippen molar-refractivity contribution in [2.45, 2.75) is 19.4 Å². The van der Waals surface area contributed by atoms with Gasteiger partial charge in [0.05, 0.1) is 11.8 Å². The van der Waals surface area contributed by atoms with Crippen LogP contribution >= 0.6 is 0 Å². The minimum absolute atomic E-state index is 0.000602. The van der Waals surface area contributed by atoms with Crippen molar-refractivity contribution in [3.63, 3.8) is 0 Å². The van der Waals surface area contributed by atoms with Gasteiger partial charge in [-0.15, -0.1) is 0 Å². The Bertz CT molecular complexity index is 451. The molecule has 1 N–H and O–H groups in total. The maximum atomic E-state index is 11.9. The number of hydrogen-bond acceptors (Lipinski definition) is 3. The molecule has 1 amide bonds. The number of hydrogen-bond donors (Lipinski definition) is 1. The van der Waals surface area contributed by atoms with Gasteiger partial charge in [0.15, 0.2) is 0 Å². The average molecular weight is 249 g/mol. The first kappa shape index (κ1) is 12.8. The van der Waals surface area contributed by atoms with E-state index >= 15 is 0 Å². The van der Waals surface area contributed by atoms with E-state index in [4.69, 9.17) is 0 Å². The lowest BCUT2D eigenvalue weighted by atomic mass is 10.0. The van der Waals surface area contributed by atoms with Crippen LogP contribution in [0.5, 0.6) is 0 Å². The third-order valence-electron chi connectivity index (χ3n) is 3.47. The predicted molar refractivity (Wildman–Crippen MR) is 68.6 cm³/mol. The fourth-order valence-corrected chi connectivity index (χ4v) is 2.19. The van der Waals surface area contributed by atoms with Crippen LogP contribution < -0.4 is 0 Å². The van der Waals surface area contributed by atoms with Crippen LogP contribution in [0.1, 0.15) is 19.0 Å². The highest BCUT2D eigenvalue weighted by Crippen LogP contribution is 2.19. The number of carbonyl (C=O) groups is 1. The summed E-state index contributed by atoms with van der Waals surface area (Å²) in [5, 5.41) is 13.5. The monoisotopic (exact) mass is 249 g/mol. The summed E-state index contributed by atoms with van der Waals surface area (Å²) < 4.78 is 1.71. The van der Waals surface area contributed by atoms with Crippen LogP contribution in [-0.2, 0) is 11.8 Å². The lowest BCUT2D eigenvalue weighted by Crippen LogP contribution is -2.28. The number of aliphatic hydroxyl groups is 1. The lowest BCUT2D eigenvalue weighted by molar-refractivity contribution is -0.125. The van der Waals surface area contributed by atoms with Gasteiger partial charge in [-0.25, -0.2) is 0 Å². The fourth-order valence-electron chi connectivity index (χ4n) is 2.19. The Balaban J connectivity index is 1.93. The van der Waals surface area contributed by atoms with Crippen LogP contribution in [0.4, 0.5) is 0 Å². The SMILES string of the molecule is CC(O)C1CCN(C(=O)/C=C/c2ccnn2C)C1. The maximum Gasteiger partial charge on any atom is 0.246 e. The summed E-state index contributed by atoms with van der Waals surface area (Å²) in [6, 6.07) is 1.85. The van der Waals surface area contributed by atoms with E-state index in [0.717, 1.165) is 18.7 Å². The molecule has 1 aromatic rings. The van der Waals surface area contributed by atoms with Crippen molar-refractivity contribution < 1.29 is 9.90 Å². The molecular formula is C13H19N3O2. The Kier molecular flexibility index (Phi) is 3.81. The fraction of sp³-hybridized carbons (Fsp3) is 0.538. The first-order valence-electron chi connectivity index (χ1n) is 6.21. The summed E-state index contributed by atoms with van der Waals surface area (Å²) in [5.41, 5.74) is 0.898. The molecule has 2 heterocycles. The van der Waals surface area contributed by atoms with Crippen LogP contribution in [0.3, 0.4) is 0 Å². The van der Waals surface area contributed by atoms with E-state index in [2.05, 4.69) is 5.10 Å². The van der Waals surface area contributed by atoms with E-state index in [1.165, 1.54) is 0 Å². The van der Waals surface area contributed by atoms with Crippen LogP contribution in [0.25, 0.3) is 6.08 Å². The smallest absolute Gasteiger partial charge is 0.246 e. The molecule has 1 aliphatic heterocycles. The molecule has 0 saturated carbocycles. The molecule has 1 aromatic heterocycles. The Morgan fingerprint density at radius 2 is 2.44 bits per heavy atom. The molecule has 18 heavy (non-hydrogen) atoms. The second-order valence-electron chi connectivity index (χ2n) is 4.79. The number of amides is 1. The van der Waals surface area contributed by atoms with Crippen molar-refractivity contribution in [2.24, 2.45) is 13.0 Å². The number of rotatable bonds is 3. The molecule has 0 aromatic carbocycles. The molecular weight excluding hydrogens is 230 g/mol. The molecule has 1 fully saturated rings. The summed E-state index contributed by atoms with van der Waals surface area (Å²) >= 11 is 0. The molecule has 2 unspecified atom stereocenters. The van der Waals surface area contributed by atoms with Crippen LogP contribution in [0.15, 0.2) is 18.3 Å². The summed E-state index contributed by atoms with van der Waals surface area (Å²) in [6.07, 6.45) is 5.57. The van der Waals surface area contributed by atoms with Gasteiger partial charge in [0.2, 0.25) is 5.91 Å². The zero-order valence-electron chi connectivity index (χ0n) is 10.8. The Morgan fingerprint density at radius 1 is 1.67 bits per heavy atom. The van der Waals surface area contributed by atoms with E-state index < -0.39 is 0 Å². The number of aryl methyl sites for hydroxylation is 1. The average Bonchev–Trinajstić information content (AvgIpc) is 2.94. The van der Waals surface area contributed by atoms with Gasteiger partial charge in [-0.1, -0.05) is 0 Å². The molecule has 0 bridgehead atoms. The Morgan fingerprint density at radius 3 is 3.00 bits per heavy atom. The second-order valence-corrected chi connectivity index (χ2v) is 4.79. The largest absolute Gasteiger partial charge is 0.393 e. The molecule has 5 heteroatoms. The van der Waals surface area contributed by atoms with Crippen molar-refractivity contribution in [1.82, 2.24) is 14.7 Å². The number of aliphatic hydroxyl groups excluding tert-OH is 1. The minimum atomic E-state index is -0.344. The van der Waals surface area contributed by atoms with Gasteiger partial charge in [-0.05, 0) is 25.5 Å². The van der Waals surface area contributed by atoms with Crippen molar-refractivity contribution in [3.05, 3.63) is 24.0 Å². The zero-order valence-corrected chi connectivity index (χ0v) is 10.8. The third-order valence-corrected chi connectivity index (χ3v) is 3.47. The standard InChI is InChI=1S/C13H19N3O2/c1-10(17)11-6-8-16(9-11)13(18)4-3-12-5-7-14-15(12)2/h3-5,7,10-11,17H,6,8-9H2,1-2H3/b4-3+. The first-order chi connectivity index (χ1) is 8.58. The number of likely N-dealkylation sites (tertiary alicyclic amines) is 1. The van der Waals surface area contributed by atoms with Gasteiger partial charge >= 0.3 is 0 Å². The molecule has 0 radical (unpaired) electrons. The van der Waals surface area contributed by atoms with E-state index in [9.17, 15) is 9.90 Å². The van der Waals surface area contributed by atoms with E-state index in [1.807, 2.05) is 13.1 Å². The van der Waals surface area contributed by atoms with Gasteiger partial charge < -0.3 is 10.0 Å². The number of aromatic nitrogens is 2. The van der Waals surface area contributed by atoms with Crippen molar-refractivity contribution >= 4 is 12.0 Å². The van der Waals surface area contributed by atoms with E-state index in [1.54, 1.807) is 34.9 Å². The lowest BCUT2D eigenvalue weighted by Gasteiger charge is -2.15. The van der Waals surface area contributed by atoms with Crippen molar-refractivity contribution in [2.75, 3.05) is 13.1 Å². The zero-order chi connectivity index (χ0) is 13.1. The quantitative estimate of drug-likeness (QED) is 0.801. The molecule has 98 valence electrons. The molecule has 2 atom stereocenters. The highest BCUT2D eigenvalue weighted by atomic mass is 16.3. The van der Waals surface area contributed by atoms with Crippen molar-refractivity contribution in [1.29, 1.82) is 0 Å². The highest BCUT2D eigenvalue weighted by molar-refractivity contribution is 5.91. The van der Waals surface area contributed by atoms with E-state index in [-0.39, 0.29) is 17.9 Å².